The first-order valence-corrected chi connectivity index (χ1v) is 9.34. The number of hydrogen-bond donors (Lipinski definition) is 0. The minimum absolute atomic E-state index is 0.582. The van der Waals surface area contributed by atoms with Gasteiger partial charge in [-0.05, 0) is 80.6 Å². The predicted octanol–water partition coefficient (Wildman–Crippen LogP) is 6.99. The molecule has 0 bridgehead atoms. The predicted molar refractivity (Wildman–Crippen MR) is 107 cm³/mol. The fourth-order valence-electron chi connectivity index (χ4n) is 3.24. The first kappa shape index (κ1) is 18.5. The Morgan fingerprint density at radius 3 is 2.62 bits per heavy atom. The van der Waals surface area contributed by atoms with Crippen LogP contribution in [-0.2, 0) is 12.8 Å². The van der Waals surface area contributed by atoms with E-state index in [0.717, 1.165) is 12.8 Å². The number of benzene rings is 1. The number of hydrogen-bond acceptors (Lipinski definition) is 0. The highest BCUT2D eigenvalue weighted by Crippen LogP contribution is 2.23. The number of allylic oxidation sites excluding steroid dienone is 7. The maximum Gasteiger partial charge on any atom is -0.00638 e. The molecule has 0 N–H and O–H groups in total. The summed E-state index contributed by atoms with van der Waals surface area (Å²) in [5.41, 5.74) is 7.25. The van der Waals surface area contributed by atoms with E-state index in [-0.39, 0.29) is 0 Å². The maximum absolute atomic E-state index is 3.90. The normalized spacial score (nSPS) is 16.9. The zero-order chi connectivity index (χ0) is 17.4. The molecule has 0 aliphatic heterocycles. The molecule has 0 nitrogen and oxygen atoms in total. The molecule has 1 aliphatic carbocycles. The Kier molecular flexibility index (Phi) is 7.31. The second kappa shape index (κ2) is 9.47. The Balaban J connectivity index is 2.11. The van der Waals surface area contributed by atoms with Crippen LogP contribution in [0.1, 0.15) is 57.6 Å². The van der Waals surface area contributed by atoms with Crippen LogP contribution in [0.5, 0.6) is 0 Å². The zero-order valence-electron chi connectivity index (χ0n) is 15.6. The Morgan fingerprint density at radius 1 is 1.17 bits per heavy atom. The van der Waals surface area contributed by atoms with E-state index < -0.39 is 0 Å². The summed E-state index contributed by atoms with van der Waals surface area (Å²) < 4.78 is 0. The van der Waals surface area contributed by atoms with E-state index >= 15 is 0 Å². The van der Waals surface area contributed by atoms with Crippen molar-refractivity contribution in [1.29, 1.82) is 0 Å². The van der Waals surface area contributed by atoms with E-state index in [2.05, 4.69) is 75.9 Å². The smallest absolute Gasteiger partial charge is 0.00638 e. The van der Waals surface area contributed by atoms with Gasteiger partial charge in [0.05, 0.1) is 0 Å². The lowest BCUT2D eigenvalue weighted by molar-refractivity contribution is 0.647. The molecule has 0 amide bonds. The molecule has 0 saturated heterocycles. The highest BCUT2D eigenvalue weighted by molar-refractivity contribution is 5.42. The highest BCUT2D eigenvalue weighted by atomic mass is 14.1. The van der Waals surface area contributed by atoms with Gasteiger partial charge in [-0.3, -0.25) is 0 Å². The summed E-state index contributed by atoms with van der Waals surface area (Å²) in [6.07, 6.45) is 16.3. The van der Waals surface area contributed by atoms with Crippen molar-refractivity contribution in [3.05, 3.63) is 83.0 Å². The second-order valence-electron chi connectivity index (χ2n) is 7.17. The first-order valence-electron chi connectivity index (χ1n) is 9.34. The molecule has 128 valence electrons. The van der Waals surface area contributed by atoms with Gasteiger partial charge in [-0.15, -0.1) is 6.58 Å². The Bertz CT molecular complexity index is 640. The van der Waals surface area contributed by atoms with Gasteiger partial charge in [-0.2, -0.15) is 0 Å². The molecule has 1 aliphatic rings. The molecule has 2 rings (SSSR count). The summed E-state index contributed by atoms with van der Waals surface area (Å²) in [6.45, 7) is 10.7. The van der Waals surface area contributed by atoms with Gasteiger partial charge in [0.15, 0.2) is 0 Å². The molecule has 0 heteroatoms. The Morgan fingerprint density at radius 2 is 1.88 bits per heavy atom. The molecule has 1 atom stereocenters. The van der Waals surface area contributed by atoms with Crippen molar-refractivity contribution >= 4 is 0 Å². The fraction of sp³-hybridized carbons (Fsp3) is 0.417. The first-order chi connectivity index (χ1) is 11.6. The maximum atomic E-state index is 3.90. The van der Waals surface area contributed by atoms with Crippen LogP contribution in [0.25, 0.3) is 0 Å². The van der Waals surface area contributed by atoms with Crippen molar-refractivity contribution in [2.75, 3.05) is 0 Å². The van der Waals surface area contributed by atoms with Crippen LogP contribution in [0.15, 0.2) is 71.9 Å². The minimum Gasteiger partial charge on any atom is -0.103 e. The summed E-state index contributed by atoms with van der Waals surface area (Å²) in [5.74, 6) is 0.582. The van der Waals surface area contributed by atoms with Gasteiger partial charge in [0.25, 0.3) is 0 Å². The van der Waals surface area contributed by atoms with E-state index in [4.69, 9.17) is 0 Å². The average Bonchev–Trinajstić information content (AvgIpc) is 2.78. The third kappa shape index (κ3) is 5.67. The lowest BCUT2D eigenvalue weighted by Gasteiger charge is -2.12. The topological polar surface area (TPSA) is 0 Å². The molecule has 1 aromatic carbocycles. The fourth-order valence-corrected chi connectivity index (χ4v) is 3.24. The molecule has 0 spiro atoms. The molecule has 0 saturated carbocycles. The summed E-state index contributed by atoms with van der Waals surface area (Å²) in [5, 5.41) is 0. The lowest BCUT2D eigenvalue weighted by Crippen LogP contribution is -1.99. The quantitative estimate of drug-likeness (QED) is 0.475. The summed E-state index contributed by atoms with van der Waals surface area (Å²) in [7, 11) is 0. The molecule has 0 fully saturated rings. The molecule has 24 heavy (non-hydrogen) atoms. The monoisotopic (exact) mass is 320 g/mol. The summed E-state index contributed by atoms with van der Waals surface area (Å²) >= 11 is 0. The van der Waals surface area contributed by atoms with E-state index in [1.54, 1.807) is 0 Å². The van der Waals surface area contributed by atoms with Crippen molar-refractivity contribution in [2.45, 2.75) is 59.3 Å². The molecule has 0 radical (unpaired) electrons. The largest absolute Gasteiger partial charge is 0.103 e. The van der Waals surface area contributed by atoms with Gasteiger partial charge in [0, 0.05) is 0 Å². The van der Waals surface area contributed by atoms with E-state index in [1.807, 2.05) is 0 Å². The molecular weight excluding hydrogens is 288 g/mol. The van der Waals surface area contributed by atoms with Crippen LogP contribution >= 0.6 is 0 Å². The van der Waals surface area contributed by atoms with E-state index in [0.29, 0.717) is 5.92 Å². The van der Waals surface area contributed by atoms with Crippen molar-refractivity contribution in [3.8, 4) is 0 Å². The van der Waals surface area contributed by atoms with E-state index in [1.165, 1.54) is 53.5 Å². The molecule has 1 unspecified atom stereocenters. The second-order valence-corrected chi connectivity index (χ2v) is 7.17. The average molecular weight is 321 g/mol. The minimum atomic E-state index is 0.582. The Hall–Kier alpha value is -1.82. The molecule has 1 aromatic rings. The highest BCUT2D eigenvalue weighted by Gasteiger charge is 2.06. The van der Waals surface area contributed by atoms with Gasteiger partial charge in [0.2, 0.25) is 0 Å². The summed E-state index contributed by atoms with van der Waals surface area (Å²) in [4.78, 5) is 0. The van der Waals surface area contributed by atoms with Crippen LogP contribution in [0.4, 0.5) is 0 Å². The van der Waals surface area contributed by atoms with Gasteiger partial charge in [-0.1, -0.05) is 61.1 Å². The SMILES string of the molecule is C=CC(C)CCc1ccccc1C/C(C)=C/C1=CCCCC=C1C. The standard InChI is InChI=1S/C24H32/c1-5-19(2)15-16-22-12-9-10-14-24(22)18-20(3)17-23-13-8-6-7-11-21(23)4/h5,9-14,17,19H,1,6-8,15-16,18H2,2-4H3/b20-17+. The van der Waals surface area contributed by atoms with Crippen molar-refractivity contribution < 1.29 is 0 Å². The van der Waals surface area contributed by atoms with Gasteiger partial charge < -0.3 is 0 Å². The molecule has 0 aromatic heterocycles. The van der Waals surface area contributed by atoms with Crippen LogP contribution in [0.2, 0.25) is 0 Å². The number of aryl methyl sites for hydroxylation is 1. The molecular formula is C24H32. The zero-order valence-corrected chi connectivity index (χ0v) is 15.6. The van der Waals surface area contributed by atoms with Crippen LogP contribution in [0.3, 0.4) is 0 Å². The van der Waals surface area contributed by atoms with Gasteiger partial charge >= 0.3 is 0 Å². The van der Waals surface area contributed by atoms with Crippen LogP contribution < -0.4 is 0 Å². The summed E-state index contributed by atoms with van der Waals surface area (Å²) in [6, 6.07) is 8.90. The van der Waals surface area contributed by atoms with Crippen molar-refractivity contribution in [1.82, 2.24) is 0 Å². The van der Waals surface area contributed by atoms with E-state index in [9.17, 15) is 0 Å². The number of rotatable bonds is 7. The lowest BCUT2D eigenvalue weighted by atomic mass is 9.93. The Labute approximate surface area is 148 Å². The molecule has 0 heterocycles. The van der Waals surface area contributed by atoms with Gasteiger partial charge in [-0.25, -0.2) is 0 Å². The third-order valence-corrected chi connectivity index (χ3v) is 4.94. The third-order valence-electron chi connectivity index (χ3n) is 4.94. The van der Waals surface area contributed by atoms with Crippen LogP contribution in [-0.4, -0.2) is 0 Å². The van der Waals surface area contributed by atoms with Crippen molar-refractivity contribution in [2.24, 2.45) is 5.92 Å². The van der Waals surface area contributed by atoms with Crippen LogP contribution in [0, 0.1) is 5.92 Å². The van der Waals surface area contributed by atoms with Gasteiger partial charge in [0.1, 0.15) is 0 Å². The van der Waals surface area contributed by atoms with Crippen molar-refractivity contribution in [3.63, 3.8) is 0 Å².